The predicted octanol–water partition coefficient (Wildman–Crippen LogP) is 1.04. The zero-order valence-electron chi connectivity index (χ0n) is 9.19. The average molecular weight is 214 g/mol. The maximum absolute atomic E-state index is 11.7. The standard InChI is InChI=1S/C10H18N2O3/c1-3-8(9(13)14)11-10(15)12(4-2)7-5-6-7/h7-8H,3-6H2,1-2H3,(H,11,15)(H,13,14)/t8-/m1/s1. The van der Waals surface area contributed by atoms with Gasteiger partial charge in [-0.1, -0.05) is 6.92 Å². The fourth-order valence-corrected chi connectivity index (χ4v) is 1.52. The minimum atomic E-state index is -0.974. The molecule has 1 aliphatic carbocycles. The fourth-order valence-electron chi connectivity index (χ4n) is 1.52. The average Bonchev–Trinajstić information content (AvgIpc) is 2.99. The molecule has 0 saturated heterocycles. The first-order valence-electron chi connectivity index (χ1n) is 5.40. The molecule has 1 rings (SSSR count). The van der Waals surface area contributed by atoms with E-state index in [9.17, 15) is 9.59 Å². The third-order valence-electron chi connectivity index (χ3n) is 2.59. The van der Waals surface area contributed by atoms with Gasteiger partial charge >= 0.3 is 12.0 Å². The van der Waals surface area contributed by atoms with Crippen molar-refractivity contribution in [1.29, 1.82) is 0 Å². The molecule has 0 aromatic rings. The maximum Gasteiger partial charge on any atom is 0.326 e. The van der Waals surface area contributed by atoms with E-state index in [4.69, 9.17) is 5.11 Å². The van der Waals surface area contributed by atoms with Gasteiger partial charge in [0.05, 0.1) is 0 Å². The largest absolute Gasteiger partial charge is 0.480 e. The second-order valence-electron chi connectivity index (χ2n) is 3.77. The highest BCUT2D eigenvalue weighted by atomic mass is 16.4. The van der Waals surface area contributed by atoms with Gasteiger partial charge in [-0.2, -0.15) is 0 Å². The van der Waals surface area contributed by atoms with Crippen molar-refractivity contribution in [2.75, 3.05) is 6.54 Å². The molecule has 5 heteroatoms. The van der Waals surface area contributed by atoms with Crippen LogP contribution in [0.4, 0.5) is 4.79 Å². The Hall–Kier alpha value is -1.26. The number of nitrogens with one attached hydrogen (secondary N) is 1. The van der Waals surface area contributed by atoms with Crippen LogP contribution in [0.3, 0.4) is 0 Å². The lowest BCUT2D eigenvalue weighted by molar-refractivity contribution is -0.139. The molecule has 5 nitrogen and oxygen atoms in total. The second-order valence-corrected chi connectivity index (χ2v) is 3.77. The minimum absolute atomic E-state index is 0.255. The minimum Gasteiger partial charge on any atom is -0.480 e. The molecule has 86 valence electrons. The zero-order valence-corrected chi connectivity index (χ0v) is 9.19. The maximum atomic E-state index is 11.7. The van der Waals surface area contributed by atoms with Crippen molar-refractivity contribution in [3.05, 3.63) is 0 Å². The molecular formula is C10H18N2O3. The van der Waals surface area contributed by atoms with Crippen molar-refractivity contribution in [1.82, 2.24) is 10.2 Å². The number of aliphatic carboxylic acids is 1. The van der Waals surface area contributed by atoms with Gasteiger partial charge in [0.1, 0.15) is 6.04 Å². The van der Waals surface area contributed by atoms with Crippen molar-refractivity contribution in [2.45, 2.75) is 45.2 Å². The first-order valence-corrected chi connectivity index (χ1v) is 5.40. The summed E-state index contributed by atoms with van der Waals surface area (Å²) in [6.07, 6.45) is 2.47. The number of hydrogen-bond donors (Lipinski definition) is 2. The summed E-state index contributed by atoms with van der Waals surface area (Å²) in [6.45, 7) is 4.28. The molecule has 0 aromatic heterocycles. The number of carbonyl (C=O) groups is 2. The summed E-state index contributed by atoms with van der Waals surface area (Å²) in [5, 5.41) is 11.3. The third kappa shape index (κ3) is 3.11. The molecule has 0 bridgehead atoms. The molecule has 1 aliphatic rings. The Labute approximate surface area is 89.4 Å². The van der Waals surface area contributed by atoms with Gasteiger partial charge in [0.15, 0.2) is 0 Å². The molecule has 0 aromatic carbocycles. The summed E-state index contributed by atoms with van der Waals surface area (Å²) in [4.78, 5) is 24.1. The summed E-state index contributed by atoms with van der Waals surface area (Å²) in [5.41, 5.74) is 0. The molecular weight excluding hydrogens is 196 g/mol. The Balaban J connectivity index is 2.48. The van der Waals surface area contributed by atoms with Gasteiger partial charge < -0.3 is 15.3 Å². The first-order chi connectivity index (χ1) is 7.10. The van der Waals surface area contributed by atoms with Crippen LogP contribution >= 0.6 is 0 Å². The summed E-state index contributed by atoms with van der Waals surface area (Å²) >= 11 is 0. The van der Waals surface area contributed by atoms with Crippen molar-refractivity contribution in [3.63, 3.8) is 0 Å². The van der Waals surface area contributed by atoms with E-state index in [1.54, 1.807) is 11.8 Å². The SMILES string of the molecule is CC[C@@H](NC(=O)N(CC)C1CC1)C(=O)O. The van der Waals surface area contributed by atoms with E-state index in [1.165, 1.54) is 0 Å². The number of rotatable bonds is 5. The van der Waals surface area contributed by atoms with E-state index in [-0.39, 0.29) is 6.03 Å². The Kier molecular flexibility index (Phi) is 3.94. The van der Waals surface area contributed by atoms with E-state index in [1.807, 2.05) is 6.92 Å². The van der Waals surface area contributed by atoms with E-state index in [2.05, 4.69) is 5.32 Å². The molecule has 0 heterocycles. The molecule has 0 radical (unpaired) electrons. The van der Waals surface area contributed by atoms with E-state index in [0.717, 1.165) is 12.8 Å². The normalized spacial score (nSPS) is 16.9. The van der Waals surface area contributed by atoms with Crippen molar-refractivity contribution in [3.8, 4) is 0 Å². The van der Waals surface area contributed by atoms with Crippen molar-refractivity contribution in [2.24, 2.45) is 0 Å². The summed E-state index contributed by atoms with van der Waals surface area (Å²) in [6, 6.07) is -0.708. The number of carbonyl (C=O) groups excluding carboxylic acids is 1. The number of carboxylic acid groups (broad SMARTS) is 1. The highest BCUT2D eigenvalue weighted by Gasteiger charge is 2.32. The van der Waals surface area contributed by atoms with Crippen LogP contribution in [0.15, 0.2) is 0 Å². The molecule has 0 aliphatic heterocycles. The van der Waals surface area contributed by atoms with Crippen LogP contribution in [-0.2, 0) is 4.79 Å². The van der Waals surface area contributed by atoms with E-state index < -0.39 is 12.0 Å². The molecule has 1 saturated carbocycles. The van der Waals surface area contributed by atoms with Crippen LogP contribution in [0, 0.1) is 0 Å². The van der Waals surface area contributed by atoms with Crippen LogP contribution in [-0.4, -0.2) is 40.6 Å². The first kappa shape index (κ1) is 11.8. The molecule has 1 fully saturated rings. The lowest BCUT2D eigenvalue weighted by atomic mass is 10.2. The zero-order chi connectivity index (χ0) is 11.4. The van der Waals surface area contributed by atoms with Gasteiger partial charge in [0.2, 0.25) is 0 Å². The highest BCUT2D eigenvalue weighted by molar-refractivity contribution is 5.82. The lowest BCUT2D eigenvalue weighted by Gasteiger charge is -2.23. The van der Waals surface area contributed by atoms with Gasteiger partial charge in [-0.25, -0.2) is 9.59 Å². The molecule has 0 unspecified atom stereocenters. The third-order valence-corrected chi connectivity index (χ3v) is 2.59. The summed E-state index contributed by atoms with van der Waals surface area (Å²) < 4.78 is 0. The molecule has 2 amide bonds. The van der Waals surface area contributed by atoms with Gasteiger partial charge in [-0.05, 0) is 26.2 Å². The number of carboxylic acids is 1. The Morgan fingerprint density at radius 1 is 1.47 bits per heavy atom. The van der Waals surface area contributed by atoms with Crippen molar-refractivity contribution < 1.29 is 14.7 Å². The number of urea groups is 1. The number of hydrogen-bond acceptors (Lipinski definition) is 2. The van der Waals surface area contributed by atoms with Crippen LogP contribution in [0.2, 0.25) is 0 Å². The van der Waals surface area contributed by atoms with Gasteiger partial charge in [-0.15, -0.1) is 0 Å². The molecule has 0 spiro atoms. The van der Waals surface area contributed by atoms with E-state index >= 15 is 0 Å². The monoisotopic (exact) mass is 214 g/mol. The van der Waals surface area contributed by atoms with Crippen LogP contribution < -0.4 is 5.32 Å². The topological polar surface area (TPSA) is 69.6 Å². The quantitative estimate of drug-likeness (QED) is 0.718. The second kappa shape index (κ2) is 5.00. The molecule has 2 N–H and O–H groups in total. The predicted molar refractivity (Wildman–Crippen MR) is 55.6 cm³/mol. The van der Waals surface area contributed by atoms with Gasteiger partial charge in [-0.3, -0.25) is 0 Å². The van der Waals surface area contributed by atoms with Gasteiger partial charge in [0.25, 0.3) is 0 Å². The number of nitrogens with zero attached hydrogens (tertiary/aromatic N) is 1. The van der Waals surface area contributed by atoms with E-state index in [0.29, 0.717) is 19.0 Å². The van der Waals surface area contributed by atoms with Crippen LogP contribution in [0.5, 0.6) is 0 Å². The Bertz CT molecular complexity index is 251. The Morgan fingerprint density at radius 3 is 2.40 bits per heavy atom. The number of amides is 2. The smallest absolute Gasteiger partial charge is 0.326 e. The lowest BCUT2D eigenvalue weighted by Crippen LogP contribution is -2.48. The summed E-state index contributed by atoms with van der Waals surface area (Å²) in [7, 11) is 0. The highest BCUT2D eigenvalue weighted by Crippen LogP contribution is 2.26. The Morgan fingerprint density at radius 2 is 2.07 bits per heavy atom. The van der Waals surface area contributed by atoms with Gasteiger partial charge in [0, 0.05) is 12.6 Å². The molecule has 15 heavy (non-hydrogen) atoms. The van der Waals surface area contributed by atoms with Crippen LogP contribution in [0.25, 0.3) is 0 Å². The fraction of sp³-hybridized carbons (Fsp3) is 0.800. The van der Waals surface area contributed by atoms with Crippen LogP contribution in [0.1, 0.15) is 33.1 Å². The van der Waals surface area contributed by atoms with Crippen molar-refractivity contribution >= 4 is 12.0 Å². The molecule has 1 atom stereocenters. The summed E-state index contributed by atoms with van der Waals surface area (Å²) in [5.74, 6) is -0.974.